The molecule has 1 heterocycles. The van der Waals surface area contributed by atoms with Gasteiger partial charge in [-0.05, 0) is 68.7 Å². The molecule has 0 radical (unpaired) electrons. The molecule has 0 saturated heterocycles. The van der Waals surface area contributed by atoms with E-state index < -0.39 is 0 Å². The zero-order valence-corrected chi connectivity index (χ0v) is 15.6. The van der Waals surface area contributed by atoms with Crippen LogP contribution in [-0.2, 0) is 6.42 Å². The highest BCUT2D eigenvalue weighted by Gasteiger charge is 2.19. The Morgan fingerprint density at radius 3 is 2.75 bits per heavy atom. The SMILES string of the molecule is Cc1c(C(=O)CBr)ccc2oc(=O)c(CC3C=CCCC3)c(C)c12. The summed E-state index contributed by atoms with van der Waals surface area (Å²) in [5, 5.41) is 1.19. The van der Waals surface area contributed by atoms with Crippen molar-refractivity contribution in [3.63, 3.8) is 0 Å². The van der Waals surface area contributed by atoms with Gasteiger partial charge in [0.1, 0.15) is 5.58 Å². The molecule has 24 heavy (non-hydrogen) atoms. The van der Waals surface area contributed by atoms with E-state index in [-0.39, 0.29) is 16.7 Å². The van der Waals surface area contributed by atoms with Gasteiger partial charge in [0.2, 0.25) is 0 Å². The average Bonchev–Trinajstić information content (AvgIpc) is 2.59. The van der Waals surface area contributed by atoms with Gasteiger partial charge in [-0.1, -0.05) is 28.1 Å². The summed E-state index contributed by atoms with van der Waals surface area (Å²) in [6, 6.07) is 3.48. The van der Waals surface area contributed by atoms with E-state index in [9.17, 15) is 9.59 Å². The van der Waals surface area contributed by atoms with Gasteiger partial charge in [0, 0.05) is 16.5 Å². The number of benzene rings is 1. The van der Waals surface area contributed by atoms with Crippen molar-refractivity contribution < 1.29 is 9.21 Å². The number of ketones is 1. The molecule has 1 aromatic heterocycles. The number of Topliss-reactive ketones (excluding diaryl/α,β-unsaturated/α-hetero) is 1. The molecule has 4 heteroatoms. The lowest BCUT2D eigenvalue weighted by molar-refractivity contribution is 0.102. The van der Waals surface area contributed by atoms with Crippen LogP contribution in [0.1, 0.15) is 46.3 Å². The molecule has 126 valence electrons. The van der Waals surface area contributed by atoms with E-state index in [4.69, 9.17) is 4.42 Å². The van der Waals surface area contributed by atoms with Crippen LogP contribution in [0.25, 0.3) is 11.0 Å². The lowest BCUT2D eigenvalue weighted by atomic mass is 9.88. The van der Waals surface area contributed by atoms with Crippen LogP contribution >= 0.6 is 15.9 Å². The molecule has 0 N–H and O–H groups in total. The Morgan fingerprint density at radius 1 is 1.29 bits per heavy atom. The van der Waals surface area contributed by atoms with Gasteiger partial charge >= 0.3 is 5.63 Å². The van der Waals surface area contributed by atoms with Crippen LogP contribution in [0.2, 0.25) is 0 Å². The highest BCUT2D eigenvalue weighted by atomic mass is 79.9. The Morgan fingerprint density at radius 2 is 2.08 bits per heavy atom. The third-order valence-electron chi connectivity index (χ3n) is 4.95. The van der Waals surface area contributed by atoms with Crippen LogP contribution in [0.15, 0.2) is 33.5 Å². The van der Waals surface area contributed by atoms with E-state index in [0.29, 0.717) is 23.5 Å². The molecule has 0 saturated carbocycles. The van der Waals surface area contributed by atoms with Crippen LogP contribution < -0.4 is 5.63 Å². The van der Waals surface area contributed by atoms with Crippen LogP contribution in [0, 0.1) is 19.8 Å². The van der Waals surface area contributed by atoms with Crippen molar-refractivity contribution in [2.75, 3.05) is 5.33 Å². The molecule has 2 aromatic rings. The van der Waals surface area contributed by atoms with Crippen molar-refractivity contribution >= 4 is 32.7 Å². The van der Waals surface area contributed by atoms with Crippen LogP contribution in [-0.4, -0.2) is 11.1 Å². The molecule has 3 nitrogen and oxygen atoms in total. The van der Waals surface area contributed by atoms with Crippen LogP contribution in [0.4, 0.5) is 0 Å². The van der Waals surface area contributed by atoms with Crippen molar-refractivity contribution in [2.45, 2.75) is 39.5 Å². The Bertz CT molecular complexity index is 877. The van der Waals surface area contributed by atoms with E-state index in [1.807, 2.05) is 13.8 Å². The fraction of sp³-hybridized carbons (Fsp3) is 0.400. The summed E-state index contributed by atoms with van der Waals surface area (Å²) in [6.45, 7) is 3.89. The largest absolute Gasteiger partial charge is 0.422 e. The molecule has 0 amide bonds. The number of carbonyl (C=O) groups excluding carboxylic acids is 1. The fourth-order valence-corrected chi connectivity index (χ4v) is 3.93. The third kappa shape index (κ3) is 3.12. The molecule has 1 aromatic carbocycles. The van der Waals surface area contributed by atoms with Gasteiger partial charge in [-0.25, -0.2) is 4.79 Å². The predicted octanol–water partition coefficient (Wildman–Crippen LogP) is 4.89. The number of allylic oxidation sites excluding steroid dienone is 2. The number of fused-ring (bicyclic) bond motifs is 1. The quantitative estimate of drug-likeness (QED) is 0.324. The first-order chi connectivity index (χ1) is 11.5. The van der Waals surface area contributed by atoms with Crippen molar-refractivity contribution in [1.29, 1.82) is 0 Å². The minimum Gasteiger partial charge on any atom is -0.422 e. The summed E-state index contributed by atoms with van der Waals surface area (Å²) in [5.41, 5.74) is 3.56. The molecule has 1 aliphatic carbocycles. The number of aryl methyl sites for hydroxylation is 2. The summed E-state index contributed by atoms with van der Waals surface area (Å²) in [5.74, 6) is 0.433. The van der Waals surface area contributed by atoms with Gasteiger partial charge in [0.15, 0.2) is 5.78 Å². The zero-order valence-electron chi connectivity index (χ0n) is 14.0. The first-order valence-corrected chi connectivity index (χ1v) is 9.46. The van der Waals surface area contributed by atoms with Gasteiger partial charge in [-0.2, -0.15) is 0 Å². The van der Waals surface area contributed by atoms with Gasteiger partial charge in [-0.15, -0.1) is 0 Å². The van der Waals surface area contributed by atoms with Crippen molar-refractivity contribution in [3.05, 3.63) is 57.0 Å². The maximum absolute atomic E-state index is 12.4. The number of alkyl halides is 1. The molecule has 1 aliphatic rings. The predicted molar refractivity (Wildman–Crippen MR) is 100 cm³/mol. The average molecular weight is 389 g/mol. The van der Waals surface area contributed by atoms with Gasteiger partial charge in [0.25, 0.3) is 0 Å². The molecule has 0 aliphatic heterocycles. The van der Waals surface area contributed by atoms with Crippen molar-refractivity contribution in [3.8, 4) is 0 Å². The fourth-order valence-electron chi connectivity index (χ4n) is 3.63. The highest BCUT2D eigenvalue weighted by Crippen LogP contribution is 2.29. The normalized spacial score (nSPS) is 17.4. The number of carbonyl (C=O) groups is 1. The first kappa shape index (κ1) is 17.2. The summed E-state index contributed by atoms with van der Waals surface area (Å²) < 4.78 is 5.56. The molecule has 1 atom stereocenters. The minimum atomic E-state index is -0.252. The number of halogens is 1. The standard InChI is InChI=1S/C20H21BrO3/c1-12-15(17(22)11-21)8-9-18-19(12)13(2)16(20(23)24-18)10-14-6-4-3-5-7-14/h4,6,8-9,14H,3,5,7,10-11H2,1-2H3. The maximum Gasteiger partial charge on any atom is 0.339 e. The van der Waals surface area contributed by atoms with E-state index >= 15 is 0 Å². The second kappa shape index (κ2) is 7.06. The van der Waals surface area contributed by atoms with Gasteiger partial charge in [-0.3, -0.25) is 4.79 Å². The highest BCUT2D eigenvalue weighted by molar-refractivity contribution is 9.09. The van der Waals surface area contributed by atoms with E-state index in [1.165, 1.54) is 6.42 Å². The Balaban J connectivity index is 2.15. The second-order valence-electron chi connectivity index (χ2n) is 6.48. The van der Waals surface area contributed by atoms with Crippen molar-refractivity contribution in [1.82, 2.24) is 0 Å². The minimum absolute atomic E-state index is 0.0387. The molecule has 1 unspecified atom stereocenters. The number of hydrogen-bond acceptors (Lipinski definition) is 3. The number of hydrogen-bond donors (Lipinski definition) is 0. The first-order valence-electron chi connectivity index (χ1n) is 8.34. The topological polar surface area (TPSA) is 47.3 Å². The molecular weight excluding hydrogens is 368 g/mol. The van der Waals surface area contributed by atoms with Crippen LogP contribution in [0.5, 0.6) is 0 Å². The third-order valence-corrected chi connectivity index (χ3v) is 5.45. The molecule has 3 rings (SSSR count). The summed E-state index contributed by atoms with van der Waals surface area (Å²) in [7, 11) is 0. The smallest absolute Gasteiger partial charge is 0.339 e. The van der Waals surface area contributed by atoms with Gasteiger partial charge in [0.05, 0.1) is 5.33 Å². The molecular formula is C20H21BrO3. The van der Waals surface area contributed by atoms with E-state index in [1.54, 1.807) is 12.1 Å². The summed E-state index contributed by atoms with van der Waals surface area (Å²) in [6.07, 6.45) is 8.51. The molecule has 0 bridgehead atoms. The lowest BCUT2D eigenvalue weighted by Gasteiger charge is -2.18. The van der Waals surface area contributed by atoms with E-state index in [0.717, 1.165) is 34.9 Å². The van der Waals surface area contributed by atoms with E-state index in [2.05, 4.69) is 28.1 Å². The maximum atomic E-state index is 12.4. The summed E-state index contributed by atoms with van der Waals surface area (Å²) in [4.78, 5) is 24.6. The van der Waals surface area contributed by atoms with Crippen LogP contribution in [0.3, 0.4) is 0 Å². The number of rotatable bonds is 4. The molecule has 0 spiro atoms. The zero-order chi connectivity index (χ0) is 17.3. The summed E-state index contributed by atoms with van der Waals surface area (Å²) >= 11 is 3.23. The Kier molecular flexibility index (Phi) is 5.04. The lowest BCUT2D eigenvalue weighted by Crippen LogP contribution is -2.16. The second-order valence-corrected chi connectivity index (χ2v) is 7.05. The van der Waals surface area contributed by atoms with Crippen molar-refractivity contribution in [2.24, 2.45) is 5.92 Å². The molecule has 0 fully saturated rings. The Labute approximate surface area is 149 Å². The van der Waals surface area contributed by atoms with Gasteiger partial charge < -0.3 is 4.42 Å². The monoisotopic (exact) mass is 388 g/mol. The Hall–Kier alpha value is -1.68.